The zero-order chi connectivity index (χ0) is 22.5. The number of hydrogen-bond donors (Lipinski definition) is 1. The predicted octanol–water partition coefficient (Wildman–Crippen LogP) is 3.89. The Morgan fingerprint density at radius 2 is 1.63 bits per heavy atom. The van der Waals surface area contributed by atoms with E-state index in [1.807, 2.05) is 38.1 Å². The van der Waals surface area contributed by atoms with Crippen molar-refractivity contribution in [3.8, 4) is 5.75 Å². The number of sulfonamides is 1. The monoisotopic (exact) mass is 436 g/mol. The van der Waals surface area contributed by atoms with Gasteiger partial charge >= 0.3 is 0 Å². The van der Waals surface area contributed by atoms with E-state index in [0.29, 0.717) is 18.1 Å². The van der Waals surface area contributed by atoms with Gasteiger partial charge in [-0.05, 0) is 61.2 Å². The second kappa shape index (κ2) is 9.93. The highest BCUT2D eigenvalue weighted by Crippen LogP contribution is 2.25. The molecule has 0 aliphatic heterocycles. The van der Waals surface area contributed by atoms with Crippen molar-refractivity contribution in [1.29, 1.82) is 0 Å². The Kier molecular flexibility index (Phi) is 7.83. The summed E-state index contributed by atoms with van der Waals surface area (Å²) < 4.78 is 44.3. The van der Waals surface area contributed by atoms with Gasteiger partial charge in [0.15, 0.2) is 0 Å². The molecule has 2 unspecified atom stereocenters. The number of carbonyl (C=O) groups is 1. The van der Waals surface area contributed by atoms with Crippen LogP contribution in [0.4, 0.5) is 10.1 Å². The average Bonchev–Trinajstić information content (AvgIpc) is 2.67. The van der Waals surface area contributed by atoms with E-state index in [9.17, 15) is 17.6 Å². The number of methoxy groups -OCH3 is 1. The minimum atomic E-state index is -3.77. The molecule has 0 aromatic heterocycles. The molecule has 2 rings (SSSR count). The maximum atomic E-state index is 13.3. The van der Waals surface area contributed by atoms with Gasteiger partial charge in [0, 0.05) is 0 Å². The van der Waals surface area contributed by atoms with Gasteiger partial charge in [0.25, 0.3) is 0 Å². The van der Waals surface area contributed by atoms with E-state index in [4.69, 9.17) is 4.74 Å². The molecule has 0 radical (unpaired) electrons. The van der Waals surface area contributed by atoms with Crippen molar-refractivity contribution < 1.29 is 22.3 Å². The van der Waals surface area contributed by atoms with Gasteiger partial charge in [0.2, 0.25) is 15.9 Å². The van der Waals surface area contributed by atoms with Gasteiger partial charge in [0.05, 0.1) is 25.1 Å². The fourth-order valence-corrected chi connectivity index (χ4v) is 4.45. The highest BCUT2D eigenvalue weighted by atomic mass is 32.2. The van der Waals surface area contributed by atoms with Crippen molar-refractivity contribution in [2.24, 2.45) is 5.92 Å². The van der Waals surface area contributed by atoms with Crippen LogP contribution in [0.5, 0.6) is 5.75 Å². The van der Waals surface area contributed by atoms with Gasteiger partial charge in [0.1, 0.15) is 17.6 Å². The number of halogens is 1. The molecule has 0 saturated heterocycles. The highest BCUT2D eigenvalue weighted by molar-refractivity contribution is 7.92. The molecule has 0 saturated carbocycles. The van der Waals surface area contributed by atoms with Crippen molar-refractivity contribution in [3.63, 3.8) is 0 Å². The van der Waals surface area contributed by atoms with Crippen LogP contribution in [-0.4, -0.2) is 33.7 Å². The van der Waals surface area contributed by atoms with Gasteiger partial charge in [-0.15, -0.1) is 0 Å². The van der Waals surface area contributed by atoms with E-state index in [2.05, 4.69) is 5.32 Å². The molecule has 0 aliphatic rings. The largest absolute Gasteiger partial charge is 0.497 e. The molecule has 0 fully saturated rings. The summed E-state index contributed by atoms with van der Waals surface area (Å²) in [5.41, 5.74) is 1.13. The summed E-state index contributed by atoms with van der Waals surface area (Å²) in [4.78, 5) is 13.0. The Morgan fingerprint density at radius 3 is 2.10 bits per heavy atom. The maximum absolute atomic E-state index is 13.3. The Labute approximate surface area is 178 Å². The number of hydrogen-bond acceptors (Lipinski definition) is 4. The summed E-state index contributed by atoms with van der Waals surface area (Å²) >= 11 is 0. The number of rotatable bonds is 9. The number of nitrogens with zero attached hydrogens (tertiary/aromatic N) is 1. The molecule has 0 bridgehead atoms. The lowest BCUT2D eigenvalue weighted by atomic mass is 9.96. The van der Waals surface area contributed by atoms with Crippen molar-refractivity contribution in [2.75, 3.05) is 17.7 Å². The van der Waals surface area contributed by atoms with E-state index in [1.165, 1.54) is 19.1 Å². The average molecular weight is 437 g/mol. The van der Waals surface area contributed by atoms with Crippen LogP contribution in [-0.2, 0) is 14.8 Å². The molecule has 2 aromatic rings. The smallest absolute Gasteiger partial charge is 0.244 e. The molecular formula is C22H29FN2O4S. The summed E-state index contributed by atoms with van der Waals surface area (Å²) in [7, 11) is -2.19. The molecule has 2 aromatic carbocycles. The van der Waals surface area contributed by atoms with Crippen molar-refractivity contribution in [3.05, 3.63) is 59.9 Å². The zero-order valence-electron chi connectivity index (χ0n) is 17.9. The van der Waals surface area contributed by atoms with Gasteiger partial charge in [-0.25, -0.2) is 12.8 Å². The second-order valence-electron chi connectivity index (χ2n) is 7.68. The summed E-state index contributed by atoms with van der Waals surface area (Å²) in [5.74, 6) is 0.0872. The summed E-state index contributed by atoms with van der Waals surface area (Å²) in [5, 5.41) is 2.98. The van der Waals surface area contributed by atoms with E-state index >= 15 is 0 Å². The first-order valence-corrected chi connectivity index (χ1v) is 11.6. The Morgan fingerprint density at radius 1 is 1.07 bits per heavy atom. The molecule has 8 heteroatoms. The third kappa shape index (κ3) is 6.19. The molecule has 1 N–H and O–H groups in total. The van der Waals surface area contributed by atoms with E-state index in [1.54, 1.807) is 7.11 Å². The fraction of sp³-hybridized carbons (Fsp3) is 0.409. The molecule has 164 valence electrons. The lowest BCUT2D eigenvalue weighted by Gasteiger charge is -2.30. The van der Waals surface area contributed by atoms with Crippen LogP contribution in [0, 0.1) is 11.7 Å². The Balaban J connectivity index is 2.30. The van der Waals surface area contributed by atoms with Gasteiger partial charge < -0.3 is 10.1 Å². The summed E-state index contributed by atoms with van der Waals surface area (Å²) in [6.07, 6.45) is 1.70. The lowest BCUT2D eigenvalue weighted by Crippen LogP contribution is -2.48. The SMILES string of the molecule is COc1ccc(C(CC(C)C)NC(=O)C(C)N(c2ccc(F)cc2)S(C)(=O)=O)cc1. The number of amides is 1. The second-order valence-corrected chi connectivity index (χ2v) is 9.53. The quantitative estimate of drug-likeness (QED) is 0.647. The van der Waals surface area contributed by atoms with Gasteiger partial charge in [-0.1, -0.05) is 26.0 Å². The van der Waals surface area contributed by atoms with E-state index in [0.717, 1.165) is 28.3 Å². The minimum absolute atomic E-state index is 0.228. The molecule has 1 amide bonds. The van der Waals surface area contributed by atoms with Crippen LogP contribution in [0.1, 0.15) is 38.8 Å². The Bertz CT molecular complexity index is 944. The first kappa shape index (κ1) is 23.7. The summed E-state index contributed by atoms with van der Waals surface area (Å²) in [6, 6.07) is 11.1. The minimum Gasteiger partial charge on any atom is -0.497 e. The number of benzene rings is 2. The molecular weight excluding hydrogens is 407 g/mol. The molecule has 6 nitrogen and oxygen atoms in total. The number of anilines is 1. The topological polar surface area (TPSA) is 75.7 Å². The van der Waals surface area contributed by atoms with Crippen LogP contribution in [0.25, 0.3) is 0 Å². The Hall–Kier alpha value is -2.61. The molecule has 30 heavy (non-hydrogen) atoms. The van der Waals surface area contributed by atoms with Crippen molar-refractivity contribution >= 4 is 21.6 Å². The molecule has 0 aliphatic carbocycles. The number of nitrogens with one attached hydrogen (secondary N) is 1. The zero-order valence-corrected chi connectivity index (χ0v) is 18.7. The third-order valence-electron chi connectivity index (χ3n) is 4.71. The standard InChI is InChI=1S/C22H29FN2O4S/c1-15(2)14-21(17-6-12-20(29-4)13-7-17)24-22(26)16(3)25(30(5,27)28)19-10-8-18(23)9-11-19/h6-13,15-16,21H,14H2,1-5H3,(H,24,26). The third-order valence-corrected chi connectivity index (χ3v) is 5.95. The first-order chi connectivity index (χ1) is 14.0. The number of ether oxygens (including phenoxy) is 1. The van der Waals surface area contributed by atoms with Crippen LogP contribution < -0.4 is 14.4 Å². The van der Waals surface area contributed by atoms with Crippen molar-refractivity contribution in [2.45, 2.75) is 39.3 Å². The van der Waals surface area contributed by atoms with Crippen molar-refractivity contribution in [1.82, 2.24) is 5.32 Å². The highest BCUT2D eigenvalue weighted by Gasteiger charge is 2.30. The number of carbonyl (C=O) groups excluding carboxylic acids is 1. The van der Waals surface area contributed by atoms with Gasteiger partial charge in [-0.3, -0.25) is 9.10 Å². The predicted molar refractivity (Wildman–Crippen MR) is 117 cm³/mol. The van der Waals surface area contributed by atoms with Crippen LogP contribution in [0.3, 0.4) is 0 Å². The fourth-order valence-electron chi connectivity index (χ4n) is 3.28. The molecule has 0 heterocycles. The summed E-state index contributed by atoms with van der Waals surface area (Å²) in [6.45, 7) is 5.61. The molecule has 0 spiro atoms. The van der Waals surface area contributed by atoms with Crippen LogP contribution in [0.2, 0.25) is 0 Å². The lowest BCUT2D eigenvalue weighted by molar-refractivity contribution is -0.122. The normalized spacial score (nSPS) is 13.6. The molecule has 2 atom stereocenters. The van der Waals surface area contributed by atoms with Crippen LogP contribution >= 0.6 is 0 Å². The van der Waals surface area contributed by atoms with Gasteiger partial charge in [-0.2, -0.15) is 0 Å². The van der Waals surface area contributed by atoms with E-state index < -0.39 is 27.8 Å². The van der Waals surface area contributed by atoms with Crippen LogP contribution in [0.15, 0.2) is 48.5 Å². The maximum Gasteiger partial charge on any atom is 0.244 e. The first-order valence-electron chi connectivity index (χ1n) is 9.72. The van der Waals surface area contributed by atoms with E-state index in [-0.39, 0.29) is 11.7 Å².